The minimum atomic E-state index is -3.06. The highest BCUT2D eigenvalue weighted by Gasteiger charge is 2.08. The molecule has 0 aliphatic heterocycles. The van der Waals surface area contributed by atoms with Crippen LogP contribution < -0.4 is 10.5 Å². The Morgan fingerprint density at radius 1 is 1.56 bits per heavy atom. The molecule has 1 aromatic carbocycles. The van der Waals surface area contributed by atoms with Crippen molar-refractivity contribution in [3.8, 4) is 5.75 Å². The second-order valence-corrected chi connectivity index (χ2v) is 6.27. The first-order chi connectivity index (χ1) is 8.33. The van der Waals surface area contributed by atoms with Gasteiger partial charge in [0.25, 0.3) is 0 Å². The molecule has 0 aromatic heterocycles. The highest BCUT2D eigenvalue weighted by atomic mass is 35.5. The highest BCUT2D eigenvalue weighted by Crippen LogP contribution is 2.22. The molecule has 100 valence electrons. The summed E-state index contributed by atoms with van der Waals surface area (Å²) < 4.78 is 27.0. The zero-order valence-corrected chi connectivity index (χ0v) is 11.2. The van der Waals surface area contributed by atoms with Gasteiger partial charge >= 0.3 is 0 Å². The lowest BCUT2D eigenvalue weighted by atomic mass is 10.2. The van der Waals surface area contributed by atoms with E-state index in [0.717, 1.165) is 6.26 Å². The molecule has 0 heterocycles. The third kappa shape index (κ3) is 4.42. The normalized spacial score (nSPS) is 12.4. The Balaban J connectivity index is 2.73. The van der Waals surface area contributed by atoms with Gasteiger partial charge in [0, 0.05) is 11.8 Å². The fourth-order valence-electron chi connectivity index (χ4n) is 1.16. The fourth-order valence-corrected chi connectivity index (χ4v) is 1.81. The lowest BCUT2D eigenvalue weighted by molar-refractivity contribution is 0.318. The van der Waals surface area contributed by atoms with Crippen LogP contribution in [0.5, 0.6) is 5.75 Å². The summed E-state index contributed by atoms with van der Waals surface area (Å²) in [6.07, 6.45) is 1.13. The summed E-state index contributed by atoms with van der Waals surface area (Å²) in [6, 6.07) is 4.55. The van der Waals surface area contributed by atoms with E-state index in [0.29, 0.717) is 11.3 Å². The number of sulfone groups is 1. The smallest absolute Gasteiger partial charge is 0.171 e. The lowest BCUT2D eigenvalue weighted by Crippen LogP contribution is -2.14. The monoisotopic (exact) mass is 292 g/mol. The topological polar surface area (TPSA) is 102 Å². The number of nitrogens with zero attached hydrogens (tertiary/aromatic N) is 1. The van der Waals surface area contributed by atoms with Crippen molar-refractivity contribution in [1.82, 2.24) is 0 Å². The summed E-state index contributed by atoms with van der Waals surface area (Å²) >= 11 is 5.90. The number of oxime groups is 1. The van der Waals surface area contributed by atoms with Gasteiger partial charge in [0.05, 0.1) is 10.8 Å². The standard InChI is InChI=1S/C10H13ClN2O4S/c1-18(15,16)5-4-17-7-2-3-8(9(11)6-7)10(12)13-14/h2-3,6,14H,4-5H2,1H3,(H2,12,13). The third-order valence-electron chi connectivity index (χ3n) is 2.05. The molecular formula is C10H13ClN2O4S. The van der Waals surface area contributed by atoms with Gasteiger partial charge in [-0.15, -0.1) is 0 Å². The molecule has 0 amide bonds. The average molecular weight is 293 g/mol. The van der Waals surface area contributed by atoms with Gasteiger partial charge in [0.1, 0.15) is 12.4 Å². The quantitative estimate of drug-likeness (QED) is 0.363. The van der Waals surface area contributed by atoms with Gasteiger partial charge in [0.15, 0.2) is 15.7 Å². The van der Waals surface area contributed by atoms with Gasteiger partial charge in [-0.2, -0.15) is 0 Å². The number of rotatable bonds is 5. The Kier molecular flexibility index (Phi) is 4.80. The van der Waals surface area contributed by atoms with Crippen molar-refractivity contribution in [3.63, 3.8) is 0 Å². The summed E-state index contributed by atoms with van der Waals surface area (Å²) in [4.78, 5) is 0. The van der Waals surface area contributed by atoms with Gasteiger partial charge in [-0.3, -0.25) is 0 Å². The van der Waals surface area contributed by atoms with Gasteiger partial charge in [0.2, 0.25) is 0 Å². The van der Waals surface area contributed by atoms with Crippen LogP contribution in [0.1, 0.15) is 5.56 Å². The van der Waals surface area contributed by atoms with E-state index in [-0.39, 0.29) is 23.2 Å². The first-order valence-electron chi connectivity index (χ1n) is 4.91. The Bertz CT molecular complexity index is 557. The number of ether oxygens (including phenoxy) is 1. The van der Waals surface area contributed by atoms with Crippen molar-refractivity contribution in [1.29, 1.82) is 0 Å². The molecule has 8 heteroatoms. The zero-order chi connectivity index (χ0) is 13.8. The van der Waals surface area contributed by atoms with E-state index < -0.39 is 9.84 Å². The molecule has 1 aromatic rings. The molecule has 18 heavy (non-hydrogen) atoms. The van der Waals surface area contributed by atoms with Crippen molar-refractivity contribution < 1.29 is 18.4 Å². The Morgan fingerprint density at radius 2 is 2.22 bits per heavy atom. The van der Waals surface area contributed by atoms with Crippen LogP contribution >= 0.6 is 11.6 Å². The van der Waals surface area contributed by atoms with E-state index in [4.69, 9.17) is 27.3 Å². The molecule has 0 fully saturated rings. The minimum Gasteiger partial charge on any atom is -0.492 e. The number of benzene rings is 1. The molecule has 0 aliphatic rings. The van der Waals surface area contributed by atoms with Crippen LogP contribution in [0.4, 0.5) is 0 Å². The summed E-state index contributed by atoms with van der Waals surface area (Å²) in [5, 5.41) is 11.6. The van der Waals surface area contributed by atoms with E-state index in [9.17, 15) is 8.42 Å². The van der Waals surface area contributed by atoms with Crippen LogP contribution in [0, 0.1) is 0 Å². The van der Waals surface area contributed by atoms with Gasteiger partial charge in [-0.05, 0) is 18.2 Å². The van der Waals surface area contributed by atoms with E-state index in [2.05, 4.69) is 5.16 Å². The molecule has 0 atom stereocenters. The maximum Gasteiger partial charge on any atom is 0.171 e. The minimum absolute atomic E-state index is 0.0398. The molecule has 0 saturated carbocycles. The molecule has 0 aliphatic carbocycles. The molecule has 6 nitrogen and oxygen atoms in total. The van der Waals surface area contributed by atoms with Crippen molar-refractivity contribution in [3.05, 3.63) is 28.8 Å². The first-order valence-corrected chi connectivity index (χ1v) is 7.35. The molecule has 3 N–H and O–H groups in total. The van der Waals surface area contributed by atoms with Crippen molar-refractivity contribution >= 4 is 27.3 Å². The van der Waals surface area contributed by atoms with Crippen LogP contribution in [0.25, 0.3) is 0 Å². The maximum atomic E-state index is 10.9. The molecule has 0 unspecified atom stereocenters. The Labute approximate surface area is 110 Å². The summed E-state index contributed by atoms with van der Waals surface area (Å²) in [5.74, 6) is 0.230. The molecule has 0 radical (unpaired) electrons. The van der Waals surface area contributed by atoms with E-state index in [1.165, 1.54) is 12.1 Å². The first kappa shape index (κ1) is 14.6. The number of halogens is 1. The van der Waals surface area contributed by atoms with E-state index in [1.807, 2.05) is 0 Å². The van der Waals surface area contributed by atoms with Crippen LogP contribution in [0.15, 0.2) is 23.4 Å². The molecule has 0 saturated heterocycles. The number of nitrogens with two attached hydrogens (primary N) is 1. The van der Waals surface area contributed by atoms with Gasteiger partial charge < -0.3 is 15.7 Å². The number of hydrogen-bond donors (Lipinski definition) is 2. The lowest BCUT2D eigenvalue weighted by Gasteiger charge is -2.08. The maximum absolute atomic E-state index is 10.9. The summed E-state index contributed by atoms with van der Waals surface area (Å²) in [5.41, 5.74) is 5.77. The van der Waals surface area contributed by atoms with Crippen LogP contribution in [0.3, 0.4) is 0 Å². The fraction of sp³-hybridized carbons (Fsp3) is 0.300. The average Bonchev–Trinajstić information content (AvgIpc) is 2.26. The number of amidine groups is 1. The molecule has 0 bridgehead atoms. The molecule has 0 spiro atoms. The van der Waals surface area contributed by atoms with Crippen molar-refractivity contribution in [2.24, 2.45) is 10.9 Å². The Morgan fingerprint density at radius 3 is 2.72 bits per heavy atom. The largest absolute Gasteiger partial charge is 0.492 e. The molecular weight excluding hydrogens is 280 g/mol. The Hall–Kier alpha value is -1.47. The van der Waals surface area contributed by atoms with E-state index >= 15 is 0 Å². The van der Waals surface area contributed by atoms with Crippen LogP contribution in [-0.4, -0.2) is 38.1 Å². The van der Waals surface area contributed by atoms with Gasteiger partial charge in [-0.25, -0.2) is 8.42 Å². The SMILES string of the molecule is CS(=O)(=O)CCOc1ccc(/C(N)=N/O)c(Cl)c1. The third-order valence-corrected chi connectivity index (χ3v) is 3.27. The predicted molar refractivity (Wildman–Crippen MR) is 69.2 cm³/mol. The van der Waals surface area contributed by atoms with Crippen LogP contribution in [0.2, 0.25) is 5.02 Å². The second-order valence-electron chi connectivity index (χ2n) is 3.61. The second kappa shape index (κ2) is 5.92. The predicted octanol–water partition coefficient (Wildman–Crippen LogP) is 0.858. The zero-order valence-electron chi connectivity index (χ0n) is 9.63. The van der Waals surface area contributed by atoms with Crippen molar-refractivity contribution in [2.75, 3.05) is 18.6 Å². The van der Waals surface area contributed by atoms with Crippen LogP contribution in [-0.2, 0) is 9.84 Å². The van der Waals surface area contributed by atoms with E-state index in [1.54, 1.807) is 6.07 Å². The summed E-state index contributed by atoms with van der Waals surface area (Å²) in [7, 11) is -3.06. The van der Waals surface area contributed by atoms with Crippen molar-refractivity contribution in [2.45, 2.75) is 0 Å². The van der Waals surface area contributed by atoms with Gasteiger partial charge in [-0.1, -0.05) is 16.8 Å². The number of hydrogen-bond acceptors (Lipinski definition) is 5. The summed E-state index contributed by atoms with van der Waals surface area (Å²) in [6.45, 7) is 0.0398. The molecule has 1 rings (SSSR count). The highest BCUT2D eigenvalue weighted by molar-refractivity contribution is 7.90.